The Hall–Kier alpha value is -2.83. The quantitative estimate of drug-likeness (QED) is 0.387. The summed E-state index contributed by atoms with van der Waals surface area (Å²) in [5, 5.41) is 4.44. The molecule has 1 N–H and O–H groups in total. The van der Waals surface area contributed by atoms with E-state index in [-0.39, 0.29) is 12.4 Å². The number of thiazole rings is 1. The van der Waals surface area contributed by atoms with E-state index in [0.717, 1.165) is 40.8 Å². The van der Waals surface area contributed by atoms with Gasteiger partial charge in [-0.1, -0.05) is 30.3 Å². The largest absolute Gasteiger partial charge is 0.494 e. The summed E-state index contributed by atoms with van der Waals surface area (Å²) in [5.41, 5.74) is 5.50. The number of benzene rings is 2. The highest BCUT2D eigenvalue weighted by molar-refractivity contribution is 7.15. The monoisotopic (exact) mass is 452 g/mol. The van der Waals surface area contributed by atoms with Gasteiger partial charge in [0.05, 0.1) is 30.5 Å². The fourth-order valence-corrected chi connectivity index (χ4v) is 5.21. The summed E-state index contributed by atoms with van der Waals surface area (Å²) < 4.78 is 7.61. The Morgan fingerprint density at radius 3 is 2.74 bits per heavy atom. The predicted octanol–water partition coefficient (Wildman–Crippen LogP) is 6.28. The third kappa shape index (κ3) is 4.31. The number of rotatable bonds is 5. The number of nitrogens with one attached hydrogen (secondary N) is 1. The Kier molecular flexibility index (Phi) is 6.30. The number of nitrogens with zero attached hydrogens (tertiary/aromatic N) is 3. The van der Waals surface area contributed by atoms with E-state index < -0.39 is 0 Å². The standard InChI is InChI=1S/C24H24N4OS.ClH/c1-16-14-28(15-25-16)20-12-11-18(13-21(20)29-2)26-24-27-23-19(9-6-10-22(23)30-24)17-7-4-3-5-8-17;/h3-5,7-8,11-15,19H,6,9-10H2,1-2H3,(H,26,27);1H. The molecule has 0 amide bonds. The lowest BCUT2D eigenvalue weighted by molar-refractivity contribution is 0.413. The number of aryl methyl sites for hydroxylation is 2. The summed E-state index contributed by atoms with van der Waals surface area (Å²) in [6, 6.07) is 16.9. The van der Waals surface area contributed by atoms with E-state index in [2.05, 4.69) is 46.7 Å². The van der Waals surface area contributed by atoms with Crippen LogP contribution in [-0.2, 0) is 6.42 Å². The maximum Gasteiger partial charge on any atom is 0.187 e. The van der Waals surface area contributed by atoms with Crippen molar-refractivity contribution in [3.05, 3.63) is 82.9 Å². The molecule has 4 aromatic rings. The minimum Gasteiger partial charge on any atom is -0.494 e. The zero-order valence-electron chi connectivity index (χ0n) is 17.5. The highest BCUT2D eigenvalue weighted by Crippen LogP contribution is 2.41. The van der Waals surface area contributed by atoms with Gasteiger partial charge in [-0.25, -0.2) is 9.97 Å². The molecule has 0 saturated heterocycles. The van der Waals surface area contributed by atoms with Crippen molar-refractivity contribution >= 4 is 34.6 Å². The van der Waals surface area contributed by atoms with Crippen molar-refractivity contribution in [2.24, 2.45) is 0 Å². The molecule has 0 bridgehead atoms. The third-order valence-electron chi connectivity index (χ3n) is 5.58. The second kappa shape index (κ2) is 9.12. The van der Waals surface area contributed by atoms with Gasteiger partial charge in [0.1, 0.15) is 5.75 Å². The number of anilines is 2. The molecule has 1 atom stereocenters. The van der Waals surface area contributed by atoms with Gasteiger partial charge in [-0.3, -0.25) is 0 Å². The Bertz CT molecular complexity index is 1170. The third-order valence-corrected chi connectivity index (χ3v) is 6.62. The number of imidazole rings is 1. The van der Waals surface area contributed by atoms with E-state index >= 15 is 0 Å². The molecule has 0 saturated carbocycles. The average Bonchev–Trinajstić information content (AvgIpc) is 3.39. The van der Waals surface area contributed by atoms with Crippen LogP contribution in [0.3, 0.4) is 0 Å². The second-order valence-corrected chi connectivity index (χ2v) is 8.70. The number of hydrogen-bond donors (Lipinski definition) is 1. The van der Waals surface area contributed by atoms with E-state index in [1.54, 1.807) is 24.8 Å². The van der Waals surface area contributed by atoms with Crippen molar-refractivity contribution in [3.8, 4) is 11.4 Å². The summed E-state index contributed by atoms with van der Waals surface area (Å²) in [6.07, 6.45) is 7.27. The number of ether oxygens (including phenoxy) is 1. The number of aromatic nitrogens is 3. The van der Waals surface area contributed by atoms with Gasteiger partial charge in [0.15, 0.2) is 5.13 Å². The van der Waals surface area contributed by atoms with Gasteiger partial charge in [0, 0.05) is 28.7 Å². The van der Waals surface area contributed by atoms with Crippen LogP contribution < -0.4 is 10.1 Å². The smallest absolute Gasteiger partial charge is 0.187 e. The van der Waals surface area contributed by atoms with Crippen LogP contribution in [0.25, 0.3) is 5.69 Å². The Balaban J connectivity index is 0.00000231. The molecule has 2 aromatic heterocycles. The van der Waals surface area contributed by atoms with Gasteiger partial charge in [-0.2, -0.15) is 0 Å². The topological polar surface area (TPSA) is 52.0 Å². The molecule has 5 nitrogen and oxygen atoms in total. The Morgan fingerprint density at radius 1 is 1.16 bits per heavy atom. The summed E-state index contributed by atoms with van der Waals surface area (Å²) in [6.45, 7) is 1.98. The van der Waals surface area contributed by atoms with Crippen LogP contribution in [0.2, 0.25) is 0 Å². The van der Waals surface area contributed by atoms with E-state index in [4.69, 9.17) is 9.72 Å². The predicted molar refractivity (Wildman–Crippen MR) is 129 cm³/mol. The van der Waals surface area contributed by atoms with E-state index in [9.17, 15) is 0 Å². The van der Waals surface area contributed by atoms with Crippen LogP contribution in [0.4, 0.5) is 10.8 Å². The second-order valence-electron chi connectivity index (χ2n) is 7.62. The zero-order valence-corrected chi connectivity index (χ0v) is 19.2. The van der Waals surface area contributed by atoms with Crippen molar-refractivity contribution in [1.82, 2.24) is 14.5 Å². The number of hydrogen-bond acceptors (Lipinski definition) is 5. The molecule has 160 valence electrons. The van der Waals surface area contributed by atoms with E-state index in [1.165, 1.54) is 22.6 Å². The van der Waals surface area contributed by atoms with Crippen molar-refractivity contribution in [2.45, 2.75) is 32.1 Å². The van der Waals surface area contributed by atoms with Crippen LogP contribution in [-0.4, -0.2) is 21.6 Å². The lowest BCUT2D eigenvalue weighted by Crippen LogP contribution is -2.09. The molecular weight excluding hydrogens is 428 g/mol. The molecular formula is C24H25ClN4OS. The SMILES string of the molecule is COc1cc(Nc2nc3c(s2)CCCC3c2ccccc2)ccc1-n1cnc(C)c1.Cl. The van der Waals surface area contributed by atoms with Crippen molar-refractivity contribution in [2.75, 3.05) is 12.4 Å². The maximum absolute atomic E-state index is 5.64. The Morgan fingerprint density at radius 2 is 2.00 bits per heavy atom. The molecule has 31 heavy (non-hydrogen) atoms. The molecule has 0 spiro atoms. The fraction of sp³-hybridized carbons (Fsp3) is 0.250. The molecule has 0 fully saturated rings. The highest BCUT2D eigenvalue weighted by Gasteiger charge is 2.26. The maximum atomic E-state index is 5.64. The summed E-state index contributed by atoms with van der Waals surface area (Å²) in [7, 11) is 1.69. The lowest BCUT2D eigenvalue weighted by Gasteiger charge is -2.21. The molecule has 1 unspecified atom stereocenters. The van der Waals surface area contributed by atoms with Gasteiger partial charge >= 0.3 is 0 Å². The van der Waals surface area contributed by atoms with Crippen LogP contribution in [0.1, 0.15) is 40.6 Å². The van der Waals surface area contributed by atoms with Crippen molar-refractivity contribution in [1.29, 1.82) is 0 Å². The molecule has 2 aromatic carbocycles. The number of halogens is 1. The molecule has 1 aliphatic rings. The molecule has 0 aliphatic heterocycles. The van der Waals surface area contributed by atoms with Crippen LogP contribution in [0, 0.1) is 6.92 Å². The number of methoxy groups -OCH3 is 1. The van der Waals surface area contributed by atoms with Crippen molar-refractivity contribution in [3.63, 3.8) is 0 Å². The molecule has 5 rings (SSSR count). The van der Waals surface area contributed by atoms with Gasteiger partial charge in [-0.15, -0.1) is 23.7 Å². The van der Waals surface area contributed by atoms with Gasteiger partial charge < -0.3 is 14.6 Å². The van der Waals surface area contributed by atoms with E-state index in [0.29, 0.717) is 5.92 Å². The summed E-state index contributed by atoms with van der Waals surface area (Å²) in [5.74, 6) is 1.18. The zero-order chi connectivity index (χ0) is 20.5. The molecule has 1 aliphatic carbocycles. The Labute approximate surface area is 192 Å². The molecule has 0 radical (unpaired) electrons. The van der Waals surface area contributed by atoms with Crippen LogP contribution in [0.15, 0.2) is 61.1 Å². The lowest BCUT2D eigenvalue weighted by atomic mass is 9.85. The van der Waals surface area contributed by atoms with Crippen molar-refractivity contribution < 1.29 is 4.74 Å². The molecule has 7 heteroatoms. The summed E-state index contributed by atoms with van der Waals surface area (Å²) in [4.78, 5) is 10.7. The first-order chi connectivity index (χ1) is 14.7. The highest BCUT2D eigenvalue weighted by atomic mass is 35.5. The minimum absolute atomic E-state index is 0. The fourth-order valence-electron chi connectivity index (χ4n) is 4.13. The van der Waals surface area contributed by atoms with Gasteiger partial charge in [-0.05, 0) is 43.9 Å². The van der Waals surface area contributed by atoms with E-state index in [1.807, 2.05) is 29.8 Å². The summed E-state index contributed by atoms with van der Waals surface area (Å²) >= 11 is 1.77. The first kappa shape index (κ1) is 21.4. The number of fused-ring (bicyclic) bond motifs is 1. The normalized spacial score (nSPS) is 15.1. The molecule has 2 heterocycles. The van der Waals surface area contributed by atoms with Crippen LogP contribution in [0.5, 0.6) is 5.75 Å². The minimum atomic E-state index is 0. The van der Waals surface area contributed by atoms with Gasteiger partial charge in [0.25, 0.3) is 0 Å². The average molecular weight is 453 g/mol. The van der Waals surface area contributed by atoms with Crippen LogP contribution >= 0.6 is 23.7 Å². The van der Waals surface area contributed by atoms with Gasteiger partial charge in [0.2, 0.25) is 0 Å². The first-order valence-electron chi connectivity index (χ1n) is 10.2. The first-order valence-corrected chi connectivity index (χ1v) is 11.0.